The maximum absolute atomic E-state index is 13.1. The molecule has 0 saturated heterocycles. The second-order valence-corrected chi connectivity index (χ2v) is 8.79. The van der Waals surface area contributed by atoms with E-state index in [1.54, 1.807) is 0 Å². The molecule has 0 aliphatic carbocycles. The summed E-state index contributed by atoms with van der Waals surface area (Å²) in [4.78, 5) is 12.4. The van der Waals surface area contributed by atoms with Crippen LogP contribution in [0.2, 0.25) is 5.02 Å². The van der Waals surface area contributed by atoms with Gasteiger partial charge in [0.25, 0.3) is 0 Å². The number of sulfonamides is 1. The Hall–Kier alpha value is -1.89. The highest BCUT2D eigenvalue weighted by atomic mass is 35.5. The fourth-order valence-electron chi connectivity index (χ4n) is 2.50. The average Bonchev–Trinajstić information content (AvgIpc) is 2.63. The molecule has 0 aliphatic rings. The summed E-state index contributed by atoms with van der Waals surface area (Å²) >= 11 is 5.87. The average molecular weight is 409 g/mol. The maximum atomic E-state index is 13.1. The van der Waals surface area contributed by atoms with Gasteiger partial charge in [0, 0.05) is 18.1 Å². The molecule has 7 heteroatoms. The number of hydrogen-bond acceptors (Lipinski definition) is 3. The van der Waals surface area contributed by atoms with Crippen LogP contribution < -0.4 is 5.32 Å². The number of unbranched alkanes of at least 4 members (excludes halogenated alkanes) is 1. The van der Waals surface area contributed by atoms with Crippen LogP contribution >= 0.6 is 11.6 Å². The predicted octanol–water partition coefficient (Wildman–Crippen LogP) is 3.76. The summed E-state index contributed by atoms with van der Waals surface area (Å²) in [6.07, 6.45) is 1.81. The van der Waals surface area contributed by atoms with E-state index in [0.717, 1.165) is 24.0 Å². The van der Waals surface area contributed by atoms with E-state index < -0.39 is 10.0 Å². The molecule has 2 aromatic carbocycles. The van der Waals surface area contributed by atoms with Crippen molar-refractivity contribution in [2.75, 3.05) is 13.1 Å². The van der Waals surface area contributed by atoms with Crippen LogP contribution in [-0.4, -0.2) is 31.7 Å². The molecule has 1 N–H and O–H groups in total. The first-order valence-electron chi connectivity index (χ1n) is 8.91. The lowest BCUT2D eigenvalue weighted by Crippen LogP contribution is -2.40. The minimum atomic E-state index is -3.84. The summed E-state index contributed by atoms with van der Waals surface area (Å²) in [5.41, 5.74) is 1.91. The standard InChI is InChI=1S/C20H25ClN2O3S/c1-3-4-13-22-20(24)15-23(14-17-7-5-16(2)6-8-17)27(25,26)19-11-9-18(21)10-12-19/h5-12H,3-4,13-15H2,1-2H3,(H,22,24). The lowest BCUT2D eigenvalue weighted by Gasteiger charge is -2.22. The van der Waals surface area contributed by atoms with Crippen LogP contribution in [0.25, 0.3) is 0 Å². The molecule has 27 heavy (non-hydrogen) atoms. The molecule has 0 aliphatic heterocycles. The number of rotatable bonds is 9. The second-order valence-electron chi connectivity index (χ2n) is 6.42. The van der Waals surface area contributed by atoms with Crippen LogP contribution in [0.4, 0.5) is 0 Å². The number of nitrogens with one attached hydrogen (secondary N) is 1. The Kier molecular flexibility index (Phi) is 7.83. The van der Waals surface area contributed by atoms with Gasteiger partial charge in [-0.05, 0) is 43.2 Å². The van der Waals surface area contributed by atoms with Gasteiger partial charge in [0.1, 0.15) is 0 Å². The molecular formula is C20H25ClN2O3S. The molecule has 1 amide bonds. The van der Waals surface area contributed by atoms with Gasteiger partial charge in [-0.3, -0.25) is 4.79 Å². The van der Waals surface area contributed by atoms with Gasteiger partial charge in [0.05, 0.1) is 11.4 Å². The fourth-order valence-corrected chi connectivity index (χ4v) is 4.01. The van der Waals surface area contributed by atoms with Gasteiger partial charge >= 0.3 is 0 Å². The Morgan fingerprint density at radius 3 is 2.30 bits per heavy atom. The third-order valence-electron chi connectivity index (χ3n) is 4.10. The molecule has 0 atom stereocenters. The Balaban J connectivity index is 2.25. The van der Waals surface area contributed by atoms with E-state index in [2.05, 4.69) is 5.32 Å². The fraction of sp³-hybridized carbons (Fsp3) is 0.350. The van der Waals surface area contributed by atoms with Crippen LogP contribution in [-0.2, 0) is 21.4 Å². The zero-order valence-corrected chi connectivity index (χ0v) is 17.2. The zero-order valence-electron chi connectivity index (χ0n) is 15.6. The summed E-state index contributed by atoms with van der Waals surface area (Å²) in [5, 5.41) is 3.23. The third-order valence-corrected chi connectivity index (χ3v) is 6.16. The summed E-state index contributed by atoms with van der Waals surface area (Å²) in [7, 11) is -3.84. The zero-order chi connectivity index (χ0) is 19.9. The highest BCUT2D eigenvalue weighted by Gasteiger charge is 2.26. The number of amides is 1. The molecule has 0 saturated carbocycles. The maximum Gasteiger partial charge on any atom is 0.243 e. The summed E-state index contributed by atoms with van der Waals surface area (Å²) in [5.74, 6) is -0.312. The number of carbonyl (C=O) groups is 1. The number of benzene rings is 2. The molecule has 0 spiro atoms. The molecule has 0 fully saturated rings. The molecule has 0 bridgehead atoms. The van der Waals surface area contributed by atoms with Crippen molar-refractivity contribution < 1.29 is 13.2 Å². The number of carbonyl (C=O) groups excluding carboxylic acids is 1. The van der Waals surface area contributed by atoms with Crippen LogP contribution in [0.1, 0.15) is 30.9 Å². The lowest BCUT2D eigenvalue weighted by atomic mass is 10.1. The Morgan fingerprint density at radius 1 is 1.07 bits per heavy atom. The van der Waals surface area contributed by atoms with E-state index in [9.17, 15) is 13.2 Å². The predicted molar refractivity (Wildman–Crippen MR) is 108 cm³/mol. The molecule has 0 heterocycles. The first kappa shape index (κ1) is 21.4. The Morgan fingerprint density at radius 2 is 1.70 bits per heavy atom. The van der Waals surface area contributed by atoms with Gasteiger partial charge in [-0.2, -0.15) is 4.31 Å². The first-order valence-corrected chi connectivity index (χ1v) is 10.7. The van der Waals surface area contributed by atoms with Crippen molar-refractivity contribution >= 4 is 27.5 Å². The van der Waals surface area contributed by atoms with Crippen molar-refractivity contribution in [2.45, 2.75) is 38.1 Å². The second kappa shape index (κ2) is 9.88. The van der Waals surface area contributed by atoms with Gasteiger partial charge in [0.2, 0.25) is 15.9 Å². The van der Waals surface area contributed by atoms with E-state index in [-0.39, 0.29) is 23.9 Å². The molecular weight excluding hydrogens is 384 g/mol. The largest absolute Gasteiger partial charge is 0.355 e. The van der Waals surface area contributed by atoms with E-state index in [1.165, 1.54) is 28.6 Å². The minimum Gasteiger partial charge on any atom is -0.355 e. The van der Waals surface area contributed by atoms with Crippen molar-refractivity contribution in [3.05, 3.63) is 64.7 Å². The van der Waals surface area contributed by atoms with Gasteiger partial charge in [-0.25, -0.2) is 8.42 Å². The van der Waals surface area contributed by atoms with Gasteiger partial charge in [-0.1, -0.05) is 54.8 Å². The van der Waals surface area contributed by atoms with Crippen molar-refractivity contribution in [1.29, 1.82) is 0 Å². The molecule has 2 rings (SSSR count). The summed E-state index contributed by atoms with van der Waals surface area (Å²) in [6.45, 7) is 4.41. The van der Waals surface area contributed by atoms with E-state index in [0.29, 0.717) is 11.6 Å². The smallest absolute Gasteiger partial charge is 0.243 e. The molecule has 146 valence electrons. The molecule has 0 aromatic heterocycles. The van der Waals surface area contributed by atoms with Crippen molar-refractivity contribution in [3.8, 4) is 0 Å². The summed E-state index contributed by atoms with van der Waals surface area (Å²) in [6, 6.07) is 13.5. The molecule has 0 radical (unpaired) electrons. The number of nitrogens with zero attached hydrogens (tertiary/aromatic N) is 1. The van der Waals surface area contributed by atoms with Crippen molar-refractivity contribution in [1.82, 2.24) is 9.62 Å². The van der Waals surface area contributed by atoms with E-state index in [4.69, 9.17) is 11.6 Å². The first-order chi connectivity index (χ1) is 12.8. The SMILES string of the molecule is CCCCNC(=O)CN(Cc1ccc(C)cc1)S(=O)(=O)c1ccc(Cl)cc1. The van der Waals surface area contributed by atoms with E-state index in [1.807, 2.05) is 38.1 Å². The van der Waals surface area contributed by atoms with Crippen molar-refractivity contribution in [2.24, 2.45) is 0 Å². The van der Waals surface area contributed by atoms with E-state index >= 15 is 0 Å². The highest BCUT2D eigenvalue weighted by molar-refractivity contribution is 7.89. The lowest BCUT2D eigenvalue weighted by molar-refractivity contribution is -0.121. The van der Waals surface area contributed by atoms with Crippen molar-refractivity contribution in [3.63, 3.8) is 0 Å². The van der Waals surface area contributed by atoms with Gasteiger partial charge in [-0.15, -0.1) is 0 Å². The van der Waals surface area contributed by atoms with Gasteiger partial charge in [0.15, 0.2) is 0 Å². The van der Waals surface area contributed by atoms with Gasteiger partial charge < -0.3 is 5.32 Å². The quantitative estimate of drug-likeness (QED) is 0.642. The molecule has 2 aromatic rings. The van der Waals surface area contributed by atoms with Crippen LogP contribution in [0.5, 0.6) is 0 Å². The molecule has 5 nitrogen and oxygen atoms in total. The topological polar surface area (TPSA) is 66.5 Å². The number of aryl methyl sites for hydroxylation is 1. The molecule has 0 unspecified atom stereocenters. The Labute approximate surface area is 166 Å². The van der Waals surface area contributed by atoms with Crippen LogP contribution in [0.3, 0.4) is 0 Å². The highest BCUT2D eigenvalue weighted by Crippen LogP contribution is 2.20. The van der Waals surface area contributed by atoms with Crippen LogP contribution in [0.15, 0.2) is 53.4 Å². The Bertz CT molecular complexity index is 850. The third kappa shape index (κ3) is 6.34. The summed E-state index contributed by atoms with van der Waals surface area (Å²) < 4.78 is 27.4. The number of halogens is 1. The number of hydrogen-bond donors (Lipinski definition) is 1. The normalized spacial score (nSPS) is 11.6. The van der Waals surface area contributed by atoms with Crippen LogP contribution in [0, 0.1) is 6.92 Å². The minimum absolute atomic E-state index is 0.111. The monoisotopic (exact) mass is 408 g/mol.